The van der Waals surface area contributed by atoms with E-state index in [1.54, 1.807) is 48.5 Å². The number of nitrogens with one attached hydrogen (secondary N) is 1. The number of fused-ring (bicyclic) bond motifs is 1. The van der Waals surface area contributed by atoms with Crippen LogP contribution < -0.4 is 5.32 Å². The number of esters is 1. The molecule has 1 aliphatic rings. The van der Waals surface area contributed by atoms with Crippen LogP contribution in [0.3, 0.4) is 0 Å². The Morgan fingerprint density at radius 3 is 2.36 bits per heavy atom. The van der Waals surface area contributed by atoms with Crippen LogP contribution in [0.1, 0.15) is 39.0 Å². The number of amides is 2. The standard InChI is InChI=1S/C28H27ClN2O5/c1-36-28(35)23(17-32)31-25(19-11-13-20(29)14-12-19)24(21-9-5-6-10-22(21)27(31)34)26(33)30-16-15-18-7-3-2-4-8-18/h2-14,23-25,32H,15-17H2,1H3,(H,30,33)/t23-,24?,25?/m1/s1. The highest BCUT2D eigenvalue weighted by atomic mass is 35.5. The molecule has 0 radical (unpaired) electrons. The van der Waals surface area contributed by atoms with Gasteiger partial charge < -0.3 is 20.1 Å². The molecule has 0 saturated carbocycles. The molecule has 1 heterocycles. The molecule has 0 aliphatic carbocycles. The predicted octanol–water partition coefficient (Wildman–Crippen LogP) is 3.51. The van der Waals surface area contributed by atoms with Gasteiger partial charge in [0, 0.05) is 17.1 Å². The quantitative estimate of drug-likeness (QED) is 0.456. The molecule has 3 aromatic rings. The van der Waals surface area contributed by atoms with Crippen LogP contribution in [0.2, 0.25) is 5.02 Å². The average Bonchev–Trinajstić information content (AvgIpc) is 2.91. The van der Waals surface area contributed by atoms with Gasteiger partial charge in [-0.1, -0.05) is 72.3 Å². The number of carbonyl (C=O) groups excluding carboxylic acids is 3. The maximum atomic E-state index is 13.8. The normalized spacial score (nSPS) is 17.8. The third-order valence-corrected chi connectivity index (χ3v) is 6.66. The first-order valence-electron chi connectivity index (χ1n) is 11.6. The fraction of sp³-hybridized carbons (Fsp3) is 0.250. The molecule has 36 heavy (non-hydrogen) atoms. The molecular weight excluding hydrogens is 480 g/mol. The molecule has 2 N–H and O–H groups in total. The first-order valence-corrected chi connectivity index (χ1v) is 12.0. The second-order valence-corrected chi connectivity index (χ2v) is 8.96. The van der Waals surface area contributed by atoms with Crippen molar-refractivity contribution in [3.05, 3.63) is 106 Å². The number of hydrogen-bond acceptors (Lipinski definition) is 5. The highest BCUT2D eigenvalue weighted by Gasteiger charge is 2.48. The van der Waals surface area contributed by atoms with Crippen molar-refractivity contribution in [2.75, 3.05) is 20.3 Å². The van der Waals surface area contributed by atoms with Crippen molar-refractivity contribution < 1.29 is 24.2 Å². The van der Waals surface area contributed by atoms with Crippen LogP contribution in [0, 0.1) is 0 Å². The van der Waals surface area contributed by atoms with E-state index >= 15 is 0 Å². The second-order valence-electron chi connectivity index (χ2n) is 8.52. The fourth-order valence-corrected chi connectivity index (χ4v) is 4.81. The molecule has 0 fully saturated rings. The molecule has 0 aromatic heterocycles. The van der Waals surface area contributed by atoms with Crippen LogP contribution in [-0.2, 0) is 20.7 Å². The Morgan fingerprint density at radius 2 is 1.69 bits per heavy atom. The Morgan fingerprint density at radius 1 is 1.03 bits per heavy atom. The molecule has 4 rings (SSSR count). The lowest BCUT2D eigenvalue weighted by atomic mass is 9.78. The summed E-state index contributed by atoms with van der Waals surface area (Å²) >= 11 is 6.11. The predicted molar refractivity (Wildman–Crippen MR) is 136 cm³/mol. The number of nitrogens with zero attached hydrogens (tertiary/aromatic N) is 1. The molecule has 186 valence electrons. The lowest BCUT2D eigenvalue weighted by Gasteiger charge is -2.44. The van der Waals surface area contributed by atoms with E-state index in [9.17, 15) is 19.5 Å². The average molecular weight is 507 g/mol. The lowest BCUT2D eigenvalue weighted by molar-refractivity contribution is -0.149. The number of benzene rings is 3. The topological polar surface area (TPSA) is 95.9 Å². The number of carbonyl (C=O) groups is 3. The van der Waals surface area contributed by atoms with Crippen molar-refractivity contribution in [1.82, 2.24) is 10.2 Å². The summed E-state index contributed by atoms with van der Waals surface area (Å²) in [6, 6.07) is 21.2. The summed E-state index contributed by atoms with van der Waals surface area (Å²) in [5, 5.41) is 13.6. The molecule has 8 heteroatoms. The van der Waals surface area contributed by atoms with Gasteiger partial charge in [-0.3, -0.25) is 9.59 Å². The van der Waals surface area contributed by atoms with Crippen molar-refractivity contribution in [3.8, 4) is 0 Å². The van der Waals surface area contributed by atoms with Gasteiger partial charge in [0.15, 0.2) is 6.04 Å². The third kappa shape index (κ3) is 5.12. The number of aliphatic hydroxyl groups excluding tert-OH is 1. The van der Waals surface area contributed by atoms with Gasteiger partial charge in [-0.2, -0.15) is 0 Å². The van der Waals surface area contributed by atoms with Crippen molar-refractivity contribution >= 4 is 29.4 Å². The van der Waals surface area contributed by atoms with Gasteiger partial charge in [0.25, 0.3) is 5.91 Å². The second kappa shape index (κ2) is 11.4. The van der Waals surface area contributed by atoms with Gasteiger partial charge in [0.2, 0.25) is 5.91 Å². The van der Waals surface area contributed by atoms with Crippen LogP contribution in [0.5, 0.6) is 0 Å². The fourth-order valence-electron chi connectivity index (χ4n) is 4.69. The van der Waals surface area contributed by atoms with Gasteiger partial charge in [0.05, 0.1) is 25.7 Å². The molecule has 0 saturated heterocycles. The molecule has 0 spiro atoms. The van der Waals surface area contributed by atoms with E-state index in [0.717, 1.165) is 5.56 Å². The summed E-state index contributed by atoms with van der Waals surface area (Å²) in [7, 11) is 1.19. The number of halogens is 1. The minimum absolute atomic E-state index is 0.294. The Kier molecular flexibility index (Phi) is 8.03. The molecule has 2 unspecified atom stereocenters. The summed E-state index contributed by atoms with van der Waals surface area (Å²) in [6.45, 7) is -0.268. The zero-order chi connectivity index (χ0) is 25.7. The minimum Gasteiger partial charge on any atom is -0.467 e. The zero-order valence-electron chi connectivity index (χ0n) is 19.8. The summed E-state index contributed by atoms with van der Waals surface area (Å²) in [5.41, 5.74) is 2.54. The van der Waals surface area contributed by atoms with Crippen LogP contribution in [0.25, 0.3) is 0 Å². The first-order chi connectivity index (χ1) is 17.5. The Hall–Kier alpha value is -3.68. The van der Waals surface area contributed by atoms with Crippen LogP contribution >= 0.6 is 11.6 Å². The van der Waals surface area contributed by atoms with E-state index in [2.05, 4.69) is 5.32 Å². The molecule has 3 aromatic carbocycles. The molecular formula is C28H27ClN2O5. The maximum Gasteiger partial charge on any atom is 0.331 e. The smallest absolute Gasteiger partial charge is 0.331 e. The maximum absolute atomic E-state index is 13.8. The number of methoxy groups -OCH3 is 1. The van der Waals surface area contributed by atoms with E-state index in [0.29, 0.717) is 34.7 Å². The zero-order valence-corrected chi connectivity index (χ0v) is 20.5. The summed E-state index contributed by atoms with van der Waals surface area (Å²) in [6.07, 6.45) is 0.636. The highest BCUT2D eigenvalue weighted by Crippen LogP contribution is 2.44. The van der Waals surface area contributed by atoms with Crippen molar-refractivity contribution in [2.45, 2.75) is 24.4 Å². The Balaban J connectivity index is 1.78. The summed E-state index contributed by atoms with van der Waals surface area (Å²) in [5.74, 6) is -2.37. The summed E-state index contributed by atoms with van der Waals surface area (Å²) in [4.78, 5) is 41.4. The Labute approximate surface area is 214 Å². The van der Waals surface area contributed by atoms with E-state index in [4.69, 9.17) is 16.3 Å². The third-order valence-electron chi connectivity index (χ3n) is 6.41. The molecule has 7 nitrogen and oxygen atoms in total. The van der Waals surface area contributed by atoms with Crippen LogP contribution in [0.4, 0.5) is 0 Å². The lowest BCUT2D eigenvalue weighted by Crippen LogP contribution is -2.55. The van der Waals surface area contributed by atoms with Crippen LogP contribution in [-0.4, -0.2) is 54.1 Å². The van der Waals surface area contributed by atoms with Gasteiger partial charge in [0.1, 0.15) is 0 Å². The number of rotatable bonds is 8. The largest absolute Gasteiger partial charge is 0.467 e. The van der Waals surface area contributed by atoms with Crippen molar-refractivity contribution in [1.29, 1.82) is 0 Å². The van der Waals surface area contributed by atoms with Gasteiger partial charge in [-0.05, 0) is 41.3 Å². The SMILES string of the molecule is COC(=O)[C@@H](CO)N1C(=O)c2ccccc2C(C(=O)NCCc2ccccc2)C1c1ccc(Cl)cc1. The minimum atomic E-state index is -1.30. The number of ether oxygens (including phenoxy) is 1. The molecule has 3 atom stereocenters. The molecule has 1 aliphatic heterocycles. The number of aliphatic hydroxyl groups is 1. The Bertz CT molecular complexity index is 1230. The van der Waals surface area contributed by atoms with E-state index < -0.39 is 36.5 Å². The summed E-state index contributed by atoms with van der Waals surface area (Å²) < 4.78 is 4.89. The highest BCUT2D eigenvalue weighted by molar-refractivity contribution is 6.30. The van der Waals surface area contributed by atoms with Crippen molar-refractivity contribution in [3.63, 3.8) is 0 Å². The van der Waals surface area contributed by atoms with Gasteiger partial charge in [-0.25, -0.2) is 4.79 Å². The van der Waals surface area contributed by atoms with Gasteiger partial charge in [-0.15, -0.1) is 0 Å². The van der Waals surface area contributed by atoms with Crippen LogP contribution in [0.15, 0.2) is 78.9 Å². The monoisotopic (exact) mass is 506 g/mol. The number of hydrogen-bond donors (Lipinski definition) is 2. The van der Waals surface area contributed by atoms with Crippen molar-refractivity contribution in [2.24, 2.45) is 0 Å². The first kappa shape index (κ1) is 25.4. The van der Waals surface area contributed by atoms with E-state index in [1.807, 2.05) is 30.3 Å². The van der Waals surface area contributed by atoms with E-state index in [1.165, 1.54) is 12.0 Å². The molecule has 2 amide bonds. The van der Waals surface area contributed by atoms with Gasteiger partial charge >= 0.3 is 5.97 Å². The van der Waals surface area contributed by atoms with E-state index in [-0.39, 0.29) is 5.91 Å². The molecule has 0 bridgehead atoms.